The van der Waals surface area contributed by atoms with Gasteiger partial charge in [0, 0.05) is 6.54 Å². The van der Waals surface area contributed by atoms with Crippen molar-refractivity contribution in [3.8, 4) is 11.1 Å². The summed E-state index contributed by atoms with van der Waals surface area (Å²) in [6, 6.07) is 21.8. The normalized spacial score (nSPS) is 16.4. The Kier molecular flexibility index (Phi) is 4.35. The van der Waals surface area contributed by atoms with Gasteiger partial charge in [-0.2, -0.15) is 0 Å². The van der Waals surface area contributed by atoms with Crippen molar-refractivity contribution in [1.29, 1.82) is 0 Å². The Bertz CT molecular complexity index is 1190. The Hall–Kier alpha value is -3.47. The molecule has 4 nitrogen and oxygen atoms in total. The van der Waals surface area contributed by atoms with Crippen LogP contribution in [0, 0.1) is 5.82 Å². The van der Waals surface area contributed by atoms with E-state index in [-0.39, 0.29) is 17.5 Å². The van der Waals surface area contributed by atoms with E-state index in [0.717, 1.165) is 29.5 Å². The summed E-state index contributed by atoms with van der Waals surface area (Å²) in [5.41, 5.74) is 3.69. The third kappa shape index (κ3) is 3.18. The van der Waals surface area contributed by atoms with Crippen LogP contribution in [0.15, 0.2) is 77.2 Å². The molecule has 0 saturated carbocycles. The highest BCUT2D eigenvalue weighted by atomic mass is 19.1. The summed E-state index contributed by atoms with van der Waals surface area (Å²) in [5.74, 6) is -0.321. The zero-order valence-electron chi connectivity index (χ0n) is 15.7. The highest BCUT2D eigenvalue weighted by molar-refractivity contribution is 5.95. The number of amides is 1. The lowest BCUT2D eigenvalue weighted by Crippen LogP contribution is -2.31. The van der Waals surface area contributed by atoms with Gasteiger partial charge in [0.05, 0.1) is 5.56 Å². The van der Waals surface area contributed by atoms with Gasteiger partial charge in [0.25, 0.3) is 5.91 Å². The molecule has 3 aromatic carbocycles. The molecular weight excluding hydrogens is 367 g/mol. The zero-order chi connectivity index (χ0) is 19.8. The van der Waals surface area contributed by atoms with Gasteiger partial charge in [-0.3, -0.25) is 4.79 Å². The molecule has 0 spiro atoms. The minimum absolute atomic E-state index is 0.0851. The van der Waals surface area contributed by atoms with Gasteiger partial charge in [-0.15, -0.1) is 0 Å². The number of nitrogens with zero attached hydrogens (tertiary/aromatic N) is 2. The predicted molar refractivity (Wildman–Crippen MR) is 109 cm³/mol. The third-order valence-corrected chi connectivity index (χ3v) is 5.41. The average molecular weight is 386 g/mol. The maximum atomic E-state index is 14.1. The van der Waals surface area contributed by atoms with E-state index in [1.54, 1.807) is 17.0 Å². The summed E-state index contributed by atoms with van der Waals surface area (Å²) in [6.45, 7) is 0.561. The number of hydrogen-bond donors (Lipinski definition) is 0. The van der Waals surface area contributed by atoms with E-state index in [1.807, 2.05) is 48.5 Å². The molecule has 1 amide bonds. The van der Waals surface area contributed by atoms with Gasteiger partial charge in [-0.1, -0.05) is 48.5 Å². The standard InChI is InChI=1S/C24H19FN2O2/c25-19-10-5-4-9-18(19)24(28)27-14-6-11-21(27)23-26-20-15-17(12-13-22(20)29-23)16-7-2-1-3-8-16/h1-5,7-10,12-13,15,21H,6,11,14H2/t21-/m1/s1. The Morgan fingerprint density at radius 2 is 1.79 bits per heavy atom. The summed E-state index contributed by atoms with van der Waals surface area (Å²) in [6.07, 6.45) is 1.58. The van der Waals surface area contributed by atoms with Crippen molar-refractivity contribution in [2.45, 2.75) is 18.9 Å². The van der Waals surface area contributed by atoms with Crippen LogP contribution in [0.5, 0.6) is 0 Å². The molecule has 1 saturated heterocycles. The quantitative estimate of drug-likeness (QED) is 0.460. The number of carbonyl (C=O) groups is 1. The van der Waals surface area contributed by atoms with E-state index >= 15 is 0 Å². The number of likely N-dealkylation sites (tertiary alicyclic amines) is 1. The molecular formula is C24H19FN2O2. The molecule has 1 fully saturated rings. The molecule has 0 unspecified atom stereocenters. The van der Waals surface area contributed by atoms with Crippen molar-refractivity contribution >= 4 is 17.0 Å². The SMILES string of the molecule is O=C(c1ccccc1F)N1CCC[C@@H]1c1nc2cc(-c3ccccc3)ccc2o1. The minimum Gasteiger partial charge on any atom is -0.438 e. The van der Waals surface area contributed by atoms with Crippen LogP contribution in [-0.2, 0) is 0 Å². The van der Waals surface area contributed by atoms with E-state index in [4.69, 9.17) is 4.42 Å². The molecule has 0 aliphatic carbocycles. The molecule has 0 radical (unpaired) electrons. The second-order valence-corrected chi connectivity index (χ2v) is 7.24. The first-order valence-corrected chi connectivity index (χ1v) is 9.72. The maximum absolute atomic E-state index is 14.1. The van der Waals surface area contributed by atoms with Gasteiger partial charge >= 0.3 is 0 Å². The van der Waals surface area contributed by atoms with E-state index in [0.29, 0.717) is 18.0 Å². The molecule has 1 aliphatic rings. The topological polar surface area (TPSA) is 46.3 Å². The van der Waals surface area contributed by atoms with E-state index < -0.39 is 5.82 Å². The Balaban J connectivity index is 1.48. The van der Waals surface area contributed by atoms with E-state index in [2.05, 4.69) is 4.98 Å². The maximum Gasteiger partial charge on any atom is 0.257 e. The van der Waals surface area contributed by atoms with Crippen molar-refractivity contribution in [3.05, 3.63) is 90.1 Å². The molecule has 1 aromatic heterocycles. The smallest absolute Gasteiger partial charge is 0.257 e. The summed E-state index contributed by atoms with van der Waals surface area (Å²) >= 11 is 0. The molecule has 144 valence electrons. The van der Waals surface area contributed by atoms with Crippen molar-refractivity contribution in [1.82, 2.24) is 9.88 Å². The molecule has 29 heavy (non-hydrogen) atoms. The number of oxazole rings is 1. The van der Waals surface area contributed by atoms with Crippen molar-refractivity contribution in [3.63, 3.8) is 0 Å². The fraction of sp³-hybridized carbons (Fsp3) is 0.167. The van der Waals surface area contributed by atoms with Crippen LogP contribution in [0.1, 0.15) is 35.1 Å². The first-order valence-electron chi connectivity index (χ1n) is 9.72. The lowest BCUT2D eigenvalue weighted by molar-refractivity contribution is 0.0712. The number of fused-ring (bicyclic) bond motifs is 1. The summed E-state index contributed by atoms with van der Waals surface area (Å²) in [7, 11) is 0. The third-order valence-electron chi connectivity index (χ3n) is 5.41. The zero-order valence-corrected chi connectivity index (χ0v) is 15.7. The fourth-order valence-corrected chi connectivity index (χ4v) is 3.95. The summed E-state index contributed by atoms with van der Waals surface area (Å²) < 4.78 is 20.1. The second-order valence-electron chi connectivity index (χ2n) is 7.24. The van der Waals surface area contributed by atoms with Crippen LogP contribution in [0.4, 0.5) is 4.39 Å². The predicted octanol–water partition coefficient (Wildman–Crippen LogP) is 5.61. The van der Waals surface area contributed by atoms with Gasteiger partial charge < -0.3 is 9.32 Å². The van der Waals surface area contributed by atoms with Crippen molar-refractivity contribution < 1.29 is 13.6 Å². The molecule has 1 atom stereocenters. The van der Waals surface area contributed by atoms with Gasteiger partial charge in [-0.05, 0) is 48.2 Å². The first kappa shape index (κ1) is 17.6. The van der Waals surface area contributed by atoms with Crippen LogP contribution >= 0.6 is 0 Å². The molecule has 1 aliphatic heterocycles. The first-order chi connectivity index (χ1) is 14.2. The molecule has 4 aromatic rings. The van der Waals surface area contributed by atoms with Gasteiger partial charge in [-0.25, -0.2) is 9.37 Å². The number of rotatable bonds is 3. The number of hydrogen-bond acceptors (Lipinski definition) is 3. The van der Waals surface area contributed by atoms with Crippen molar-refractivity contribution in [2.75, 3.05) is 6.54 Å². The van der Waals surface area contributed by atoms with Gasteiger partial charge in [0.15, 0.2) is 5.58 Å². The molecule has 5 rings (SSSR count). The van der Waals surface area contributed by atoms with Crippen molar-refractivity contribution in [2.24, 2.45) is 0 Å². The largest absolute Gasteiger partial charge is 0.438 e. The molecule has 2 heterocycles. The Morgan fingerprint density at radius 1 is 1.00 bits per heavy atom. The fourth-order valence-electron chi connectivity index (χ4n) is 3.95. The van der Waals surface area contributed by atoms with Crippen LogP contribution in [-0.4, -0.2) is 22.3 Å². The van der Waals surface area contributed by atoms with Crippen LogP contribution < -0.4 is 0 Å². The Labute approximate surface area is 167 Å². The number of aromatic nitrogens is 1. The minimum atomic E-state index is -0.506. The molecule has 5 heteroatoms. The van der Waals surface area contributed by atoms with Crippen LogP contribution in [0.25, 0.3) is 22.2 Å². The van der Waals surface area contributed by atoms with E-state index in [1.165, 1.54) is 12.1 Å². The summed E-state index contributed by atoms with van der Waals surface area (Å²) in [4.78, 5) is 19.3. The number of carbonyl (C=O) groups excluding carboxylic acids is 1. The highest BCUT2D eigenvalue weighted by Gasteiger charge is 2.34. The number of benzene rings is 3. The van der Waals surface area contributed by atoms with Gasteiger partial charge in [0.1, 0.15) is 17.4 Å². The number of halogens is 1. The highest BCUT2D eigenvalue weighted by Crippen LogP contribution is 2.35. The molecule has 0 bridgehead atoms. The molecule has 0 N–H and O–H groups in total. The van der Waals surface area contributed by atoms with Crippen LogP contribution in [0.3, 0.4) is 0 Å². The monoisotopic (exact) mass is 386 g/mol. The second kappa shape index (κ2) is 7.17. The lowest BCUT2D eigenvalue weighted by Gasteiger charge is -2.22. The summed E-state index contributed by atoms with van der Waals surface area (Å²) in [5, 5.41) is 0. The Morgan fingerprint density at radius 3 is 2.62 bits per heavy atom. The average Bonchev–Trinajstić information content (AvgIpc) is 3.40. The van der Waals surface area contributed by atoms with E-state index in [9.17, 15) is 9.18 Å². The van der Waals surface area contributed by atoms with Gasteiger partial charge in [0.2, 0.25) is 5.89 Å². The lowest BCUT2D eigenvalue weighted by atomic mass is 10.1. The van der Waals surface area contributed by atoms with Crippen LogP contribution in [0.2, 0.25) is 0 Å².